The van der Waals surface area contributed by atoms with Gasteiger partial charge < -0.3 is 15.5 Å². The van der Waals surface area contributed by atoms with Crippen LogP contribution >= 0.6 is 11.8 Å². The first-order valence-electron chi connectivity index (χ1n) is 11.6. The summed E-state index contributed by atoms with van der Waals surface area (Å²) in [5, 5.41) is 12.1. The average molecular weight is 486 g/mol. The second-order valence-corrected chi connectivity index (χ2v) is 9.57. The van der Waals surface area contributed by atoms with Crippen molar-refractivity contribution in [2.24, 2.45) is 0 Å². The molecular weight excluding hydrogens is 458 g/mol. The molecule has 4 aromatic rings. The third kappa shape index (κ3) is 4.74. The number of anilines is 1. The highest BCUT2D eigenvalue weighted by atomic mass is 32.2. The summed E-state index contributed by atoms with van der Waals surface area (Å²) in [5.41, 5.74) is 8.37. The van der Waals surface area contributed by atoms with Gasteiger partial charge in [-0.2, -0.15) is 0 Å². The quantitative estimate of drug-likeness (QED) is 0.383. The molecule has 35 heavy (non-hydrogen) atoms. The second kappa shape index (κ2) is 9.84. The summed E-state index contributed by atoms with van der Waals surface area (Å²) in [4.78, 5) is 13.6. The SMILES string of the molecule is CCOc1ccc([C@@H]2Nn3c(nnc3-c3ccccc3)S[C@H]2C(=O)Nc2cc(C)ccc2C)cc1. The molecule has 0 unspecified atom stereocenters. The van der Waals surface area contributed by atoms with Crippen molar-refractivity contribution >= 4 is 23.4 Å². The molecule has 0 aliphatic carbocycles. The Morgan fingerprint density at radius 1 is 1.06 bits per heavy atom. The molecule has 1 aromatic heterocycles. The summed E-state index contributed by atoms with van der Waals surface area (Å²) in [7, 11) is 0. The van der Waals surface area contributed by atoms with Crippen LogP contribution in [0, 0.1) is 13.8 Å². The Morgan fingerprint density at radius 3 is 2.57 bits per heavy atom. The van der Waals surface area contributed by atoms with Gasteiger partial charge in [-0.05, 0) is 55.7 Å². The van der Waals surface area contributed by atoms with E-state index in [1.54, 1.807) is 0 Å². The van der Waals surface area contributed by atoms with E-state index in [2.05, 4.69) is 20.9 Å². The molecule has 0 saturated heterocycles. The summed E-state index contributed by atoms with van der Waals surface area (Å²) < 4.78 is 7.49. The number of rotatable bonds is 6. The highest BCUT2D eigenvalue weighted by Gasteiger charge is 2.38. The lowest BCUT2D eigenvalue weighted by molar-refractivity contribution is -0.116. The molecule has 7 nitrogen and oxygen atoms in total. The number of amides is 1. The first kappa shape index (κ1) is 23.0. The number of aromatic nitrogens is 3. The molecular formula is C27H27N5O2S. The Balaban J connectivity index is 1.51. The number of carbonyl (C=O) groups is 1. The van der Waals surface area contributed by atoms with Crippen LogP contribution in [0.15, 0.2) is 78.0 Å². The van der Waals surface area contributed by atoms with E-state index in [1.165, 1.54) is 11.8 Å². The van der Waals surface area contributed by atoms with Crippen LogP contribution in [0.4, 0.5) is 5.69 Å². The molecule has 0 saturated carbocycles. The number of nitrogens with zero attached hydrogens (tertiary/aromatic N) is 3. The van der Waals surface area contributed by atoms with Crippen molar-refractivity contribution in [1.82, 2.24) is 14.9 Å². The Kier molecular flexibility index (Phi) is 6.46. The van der Waals surface area contributed by atoms with E-state index in [4.69, 9.17) is 4.74 Å². The van der Waals surface area contributed by atoms with Gasteiger partial charge in [-0.25, -0.2) is 4.68 Å². The fourth-order valence-corrected chi connectivity index (χ4v) is 5.17. The molecule has 1 amide bonds. The first-order chi connectivity index (χ1) is 17.0. The normalized spacial score (nSPS) is 16.8. The number of nitrogens with one attached hydrogen (secondary N) is 2. The van der Waals surface area contributed by atoms with E-state index in [-0.39, 0.29) is 11.9 Å². The monoisotopic (exact) mass is 485 g/mol. The highest BCUT2D eigenvalue weighted by Crippen LogP contribution is 2.39. The van der Waals surface area contributed by atoms with Crippen molar-refractivity contribution in [2.75, 3.05) is 17.3 Å². The molecule has 0 spiro atoms. The fourth-order valence-electron chi connectivity index (χ4n) is 4.09. The second-order valence-electron chi connectivity index (χ2n) is 8.46. The topological polar surface area (TPSA) is 81.1 Å². The van der Waals surface area contributed by atoms with Gasteiger partial charge in [0.05, 0.1) is 12.6 Å². The van der Waals surface area contributed by atoms with Gasteiger partial charge in [-0.1, -0.05) is 66.4 Å². The van der Waals surface area contributed by atoms with Gasteiger partial charge in [-0.3, -0.25) is 4.79 Å². The molecule has 3 aromatic carbocycles. The van der Waals surface area contributed by atoms with Crippen molar-refractivity contribution in [3.8, 4) is 17.1 Å². The zero-order valence-electron chi connectivity index (χ0n) is 19.9. The average Bonchev–Trinajstić information content (AvgIpc) is 3.30. The van der Waals surface area contributed by atoms with Gasteiger partial charge in [0.1, 0.15) is 11.0 Å². The van der Waals surface area contributed by atoms with Crippen LogP contribution in [0.3, 0.4) is 0 Å². The van der Waals surface area contributed by atoms with Gasteiger partial charge in [0.25, 0.3) is 0 Å². The van der Waals surface area contributed by atoms with Crippen LogP contribution in [0.1, 0.15) is 29.7 Å². The maximum atomic E-state index is 13.6. The largest absolute Gasteiger partial charge is 0.494 e. The Morgan fingerprint density at radius 2 is 1.83 bits per heavy atom. The molecule has 8 heteroatoms. The zero-order valence-corrected chi connectivity index (χ0v) is 20.7. The van der Waals surface area contributed by atoms with Crippen LogP contribution in [-0.4, -0.2) is 32.6 Å². The minimum atomic E-state index is -0.465. The van der Waals surface area contributed by atoms with Gasteiger partial charge >= 0.3 is 0 Å². The predicted molar refractivity (Wildman–Crippen MR) is 139 cm³/mol. The van der Waals surface area contributed by atoms with Crippen molar-refractivity contribution < 1.29 is 9.53 Å². The van der Waals surface area contributed by atoms with E-state index in [0.717, 1.165) is 33.7 Å². The van der Waals surface area contributed by atoms with E-state index >= 15 is 0 Å². The van der Waals surface area contributed by atoms with E-state index in [1.807, 2.05) is 98.2 Å². The number of fused-ring (bicyclic) bond motifs is 1. The van der Waals surface area contributed by atoms with Crippen molar-refractivity contribution in [1.29, 1.82) is 0 Å². The highest BCUT2D eigenvalue weighted by molar-refractivity contribution is 8.00. The van der Waals surface area contributed by atoms with E-state index in [0.29, 0.717) is 17.6 Å². The van der Waals surface area contributed by atoms with Gasteiger partial charge in [-0.15, -0.1) is 10.2 Å². The fraction of sp³-hybridized carbons (Fsp3) is 0.222. The molecule has 2 N–H and O–H groups in total. The number of ether oxygens (including phenoxy) is 1. The van der Waals surface area contributed by atoms with E-state index in [9.17, 15) is 4.79 Å². The third-order valence-electron chi connectivity index (χ3n) is 5.93. The molecule has 0 bridgehead atoms. The van der Waals surface area contributed by atoms with Gasteiger partial charge in [0, 0.05) is 11.3 Å². The van der Waals surface area contributed by atoms with Crippen molar-refractivity contribution in [3.63, 3.8) is 0 Å². The molecule has 5 rings (SSSR count). The van der Waals surface area contributed by atoms with Gasteiger partial charge in [0.2, 0.25) is 11.1 Å². The van der Waals surface area contributed by atoms with Crippen LogP contribution in [0.25, 0.3) is 11.4 Å². The Bertz CT molecular complexity index is 1340. The number of carbonyl (C=O) groups excluding carboxylic acids is 1. The molecule has 178 valence electrons. The molecule has 2 atom stereocenters. The molecule has 0 radical (unpaired) electrons. The number of hydrogen-bond donors (Lipinski definition) is 2. The summed E-state index contributed by atoms with van der Waals surface area (Å²) in [6, 6.07) is 23.5. The standard InChI is InChI=1S/C27H27N5O2S/c1-4-34-21-14-12-19(13-15-21)23-24(26(33)28-22-16-17(2)10-11-18(22)3)35-27-30-29-25(32(27)31-23)20-8-6-5-7-9-20/h5-16,23-24,31H,4H2,1-3H3,(H,28,33)/t23-,24+/m0/s1. The van der Waals surface area contributed by atoms with Crippen LogP contribution < -0.4 is 15.5 Å². The lowest BCUT2D eigenvalue weighted by Crippen LogP contribution is -2.41. The third-order valence-corrected chi connectivity index (χ3v) is 7.14. The maximum Gasteiger partial charge on any atom is 0.240 e. The number of benzene rings is 3. The zero-order chi connectivity index (χ0) is 24.4. The number of hydrogen-bond acceptors (Lipinski definition) is 6. The molecule has 2 heterocycles. The van der Waals surface area contributed by atoms with Crippen LogP contribution in [-0.2, 0) is 4.79 Å². The predicted octanol–water partition coefficient (Wildman–Crippen LogP) is 5.36. The molecule has 0 fully saturated rings. The Hall–Kier alpha value is -3.78. The van der Waals surface area contributed by atoms with Crippen LogP contribution in [0.2, 0.25) is 0 Å². The lowest BCUT2D eigenvalue weighted by atomic mass is 10.0. The molecule has 1 aliphatic rings. The molecule has 1 aliphatic heterocycles. The summed E-state index contributed by atoms with van der Waals surface area (Å²) >= 11 is 1.41. The minimum Gasteiger partial charge on any atom is -0.494 e. The lowest BCUT2D eigenvalue weighted by Gasteiger charge is -2.33. The van der Waals surface area contributed by atoms with Crippen LogP contribution in [0.5, 0.6) is 5.75 Å². The number of thioether (sulfide) groups is 1. The first-order valence-corrected chi connectivity index (χ1v) is 12.5. The summed E-state index contributed by atoms with van der Waals surface area (Å²) in [6.45, 7) is 6.57. The maximum absolute atomic E-state index is 13.6. The van der Waals surface area contributed by atoms with Crippen molar-refractivity contribution in [3.05, 3.63) is 89.5 Å². The Labute approximate surface area is 208 Å². The number of aryl methyl sites for hydroxylation is 2. The smallest absolute Gasteiger partial charge is 0.240 e. The van der Waals surface area contributed by atoms with Crippen molar-refractivity contribution in [2.45, 2.75) is 37.2 Å². The van der Waals surface area contributed by atoms with Gasteiger partial charge in [0.15, 0.2) is 5.82 Å². The minimum absolute atomic E-state index is 0.0920. The summed E-state index contributed by atoms with van der Waals surface area (Å²) in [5.74, 6) is 1.41. The van der Waals surface area contributed by atoms with E-state index < -0.39 is 5.25 Å². The summed E-state index contributed by atoms with van der Waals surface area (Å²) in [6.07, 6.45) is 0.